The van der Waals surface area contributed by atoms with E-state index >= 15 is 0 Å². The Morgan fingerprint density at radius 1 is 1.17 bits per heavy atom. The minimum atomic E-state index is -1.01. The van der Waals surface area contributed by atoms with Gasteiger partial charge in [-0.3, -0.25) is 4.79 Å². The van der Waals surface area contributed by atoms with E-state index in [2.05, 4.69) is 0 Å². The maximum atomic E-state index is 12.3. The number of rotatable bonds is 1. The summed E-state index contributed by atoms with van der Waals surface area (Å²) in [6, 6.07) is -0.259. The third kappa shape index (κ3) is 2.91. The van der Waals surface area contributed by atoms with Crippen LogP contribution in [0.5, 0.6) is 0 Å². The number of ether oxygens (including phenoxy) is 1. The highest BCUT2D eigenvalue weighted by atomic mass is 16.5. The summed E-state index contributed by atoms with van der Waals surface area (Å²) in [5.74, 6) is -0.317. The average molecular weight is 257 g/mol. The lowest BCUT2D eigenvalue weighted by atomic mass is 9.93. The Morgan fingerprint density at radius 2 is 1.83 bits per heavy atom. The number of piperidine rings is 1. The van der Waals surface area contributed by atoms with Gasteiger partial charge in [0.1, 0.15) is 0 Å². The van der Waals surface area contributed by atoms with Crippen molar-refractivity contribution in [2.24, 2.45) is 11.7 Å². The summed E-state index contributed by atoms with van der Waals surface area (Å²) in [7, 11) is 0. The standard InChI is InChI=1S/C11H19N3O4/c12-9-5-8(6-14(7-9)11(16)17)10(15)13-1-3-18-4-2-13/h8-9H,1-7,12H2,(H,16,17)/t8-,9+/m1/s1. The number of amides is 2. The maximum Gasteiger partial charge on any atom is 0.407 e. The lowest BCUT2D eigenvalue weighted by Crippen LogP contribution is -2.54. The molecule has 0 aliphatic carbocycles. The minimum absolute atomic E-state index is 0.000278. The van der Waals surface area contributed by atoms with Crippen molar-refractivity contribution in [3.8, 4) is 0 Å². The SMILES string of the molecule is N[C@H]1C[C@@H](C(=O)N2CCOCC2)CN(C(=O)O)C1. The molecule has 2 aliphatic rings. The number of carboxylic acid groups (broad SMARTS) is 1. The molecule has 7 heteroatoms. The van der Waals surface area contributed by atoms with E-state index in [-0.39, 0.29) is 24.4 Å². The zero-order valence-corrected chi connectivity index (χ0v) is 10.2. The van der Waals surface area contributed by atoms with Crippen molar-refractivity contribution in [2.45, 2.75) is 12.5 Å². The zero-order valence-electron chi connectivity index (χ0n) is 10.2. The average Bonchev–Trinajstić information content (AvgIpc) is 2.38. The normalized spacial score (nSPS) is 29.2. The second-order valence-corrected chi connectivity index (χ2v) is 4.82. The molecule has 0 bridgehead atoms. The Morgan fingerprint density at radius 3 is 2.44 bits per heavy atom. The topological polar surface area (TPSA) is 96.1 Å². The van der Waals surface area contributed by atoms with Gasteiger partial charge in [-0.1, -0.05) is 0 Å². The summed E-state index contributed by atoms with van der Waals surface area (Å²) >= 11 is 0. The Labute approximate surface area is 105 Å². The van der Waals surface area contributed by atoms with Crippen molar-refractivity contribution in [3.05, 3.63) is 0 Å². The maximum absolute atomic E-state index is 12.3. The second kappa shape index (κ2) is 5.53. The number of morpholine rings is 1. The molecule has 0 radical (unpaired) electrons. The number of nitrogens with two attached hydrogens (primary N) is 1. The molecule has 2 saturated heterocycles. The van der Waals surface area contributed by atoms with Gasteiger partial charge < -0.3 is 25.4 Å². The molecule has 0 saturated carbocycles. The molecule has 0 aromatic heterocycles. The van der Waals surface area contributed by atoms with Crippen molar-refractivity contribution in [2.75, 3.05) is 39.4 Å². The van der Waals surface area contributed by atoms with Crippen LogP contribution in [0.25, 0.3) is 0 Å². The molecule has 2 fully saturated rings. The summed E-state index contributed by atoms with van der Waals surface area (Å²) in [5.41, 5.74) is 5.82. The molecule has 3 N–H and O–H groups in total. The highest BCUT2D eigenvalue weighted by Crippen LogP contribution is 2.19. The molecule has 2 rings (SSSR count). The number of carbonyl (C=O) groups is 2. The summed E-state index contributed by atoms with van der Waals surface area (Å²) in [6.45, 7) is 2.82. The van der Waals surface area contributed by atoms with Crippen molar-refractivity contribution < 1.29 is 19.4 Å². The van der Waals surface area contributed by atoms with E-state index in [0.717, 1.165) is 0 Å². The molecular weight excluding hydrogens is 238 g/mol. The van der Waals surface area contributed by atoms with Gasteiger partial charge >= 0.3 is 6.09 Å². The highest BCUT2D eigenvalue weighted by Gasteiger charge is 2.34. The van der Waals surface area contributed by atoms with Crippen LogP contribution in [0.2, 0.25) is 0 Å². The van der Waals surface area contributed by atoms with Gasteiger partial charge in [-0.25, -0.2) is 4.79 Å². The first-order chi connectivity index (χ1) is 8.58. The van der Waals surface area contributed by atoms with Crippen molar-refractivity contribution in [3.63, 3.8) is 0 Å². The van der Waals surface area contributed by atoms with E-state index in [1.165, 1.54) is 4.90 Å². The van der Waals surface area contributed by atoms with Crippen LogP contribution in [0.15, 0.2) is 0 Å². The van der Waals surface area contributed by atoms with Crippen LogP contribution < -0.4 is 5.73 Å². The number of hydrogen-bond donors (Lipinski definition) is 2. The summed E-state index contributed by atoms with van der Waals surface area (Å²) < 4.78 is 5.19. The predicted octanol–water partition coefficient (Wildman–Crippen LogP) is -0.828. The first kappa shape index (κ1) is 13.1. The van der Waals surface area contributed by atoms with Crippen LogP contribution in [0.4, 0.5) is 4.79 Å². The molecule has 0 spiro atoms. The van der Waals surface area contributed by atoms with Crippen LogP contribution in [-0.2, 0) is 9.53 Å². The first-order valence-corrected chi connectivity index (χ1v) is 6.18. The lowest BCUT2D eigenvalue weighted by molar-refractivity contribution is -0.141. The molecule has 0 aromatic carbocycles. The van der Waals surface area contributed by atoms with E-state index in [9.17, 15) is 9.59 Å². The number of hydrogen-bond acceptors (Lipinski definition) is 4. The summed E-state index contributed by atoms with van der Waals surface area (Å²) in [4.78, 5) is 26.2. The zero-order chi connectivity index (χ0) is 13.1. The third-order valence-corrected chi connectivity index (χ3v) is 3.43. The Kier molecular flexibility index (Phi) is 4.03. The van der Waals surface area contributed by atoms with Gasteiger partial charge in [0, 0.05) is 32.2 Å². The number of carbonyl (C=O) groups excluding carboxylic acids is 1. The first-order valence-electron chi connectivity index (χ1n) is 6.18. The van der Waals surface area contributed by atoms with E-state index in [4.69, 9.17) is 15.6 Å². The van der Waals surface area contributed by atoms with Gasteiger partial charge in [0.15, 0.2) is 0 Å². The smallest absolute Gasteiger partial charge is 0.407 e. The van der Waals surface area contributed by atoms with E-state index in [0.29, 0.717) is 39.3 Å². The number of likely N-dealkylation sites (tertiary alicyclic amines) is 1. The second-order valence-electron chi connectivity index (χ2n) is 4.82. The van der Waals surface area contributed by atoms with Gasteiger partial charge in [0.05, 0.1) is 19.1 Å². The Balaban J connectivity index is 1.98. The van der Waals surface area contributed by atoms with Crippen molar-refractivity contribution in [1.29, 1.82) is 0 Å². The number of nitrogens with zero attached hydrogens (tertiary/aromatic N) is 2. The fourth-order valence-electron chi connectivity index (χ4n) is 2.52. The predicted molar refractivity (Wildman–Crippen MR) is 63.1 cm³/mol. The van der Waals surface area contributed by atoms with Gasteiger partial charge in [-0.2, -0.15) is 0 Å². The largest absolute Gasteiger partial charge is 0.465 e. The highest BCUT2D eigenvalue weighted by molar-refractivity contribution is 5.80. The van der Waals surface area contributed by atoms with Crippen LogP contribution >= 0.6 is 0 Å². The Bertz CT molecular complexity index is 330. The van der Waals surface area contributed by atoms with E-state index < -0.39 is 6.09 Å². The molecule has 2 aliphatic heterocycles. The molecule has 2 heterocycles. The molecule has 0 aromatic rings. The monoisotopic (exact) mass is 257 g/mol. The molecule has 7 nitrogen and oxygen atoms in total. The van der Waals surface area contributed by atoms with Gasteiger partial charge in [-0.15, -0.1) is 0 Å². The molecule has 2 amide bonds. The van der Waals surface area contributed by atoms with Gasteiger partial charge in [0.2, 0.25) is 5.91 Å². The van der Waals surface area contributed by atoms with Crippen LogP contribution in [0, 0.1) is 5.92 Å². The summed E-state index contributed by atoms with van der Waals surface area (Å²) in [5, 5.41) is 8.99. The fourth-order valence-corrected chi connectivity index (χ4v) is 2.52. The van der Waals surface area contributed by atoms with Crippen LogP contribution in [-0.4, -0.2) is 72.3 Å². The van der Waals surface area contributed by atoms with Crippen LogP contribution in [0.3, 0.4) is 0 Å². The molecule has 2 atom stereocenters. The van der Waals surface area contributed by atoms with Gasteiger partial charge in [-0.05, 0) is 6.42 Å². The molecular formula is C11H19N3O4. The minimum Gasteiger partial charge on any atom is -0.465 e. The third-order valence-electron chi connectivity index (χ3n) is 3.43. The molecule has 18 heavy (non-hydrogen) atoms. The fraction of sp³-hybridized carbons (Fsp3) is 0.818. The van der Waals surface area contributed by atoms with Gasteiger partial charge in [0.25, 0.3) is 0 Å². The van der Waals surface area contributed by atoms with Crippen molar-refractivity contribution >= 4 is 12.0 Å². The Hall–Kier alpha value is -1.34. The quantitative estimate of drug-likeness (QED) is 0.639. The van der Waals surface area contributed by atoms with Crippen LogP contribution in [0.1, 0.15) is 6.42 Å². The summed E-state index contributed by atoms with van der Waals surface area (Å²) in [6.07, 6.45) is -0.454. The van der Waals surface area contributed by atoms with E-state index in [1.807, 2.05) is 0 Å². The lowest BCUT2D eigenvalue weighted by Gasteiger charge is -2.37. The molecule has 0 unspecified atom stereocenters. The van der Waals surface area contributed by atoms with E-state index in [1.54, 1.807) is 4.90 Å². The molecule has 102 valence electrons. The van der Waals surface area contributed by atoms with Crippen molar-refractivity contribution in [1.82, 2.24) is 9.80 Å².